The van der Waals surface area contributed by atoms with E-state index < -0.39 is 4.92 Å². The Morgan fingerprint density at radius 3 is 2.65 bits per heavy atom. The Labute approximate surface area is 142 Å². The number of anilines is 2. The molecule has 6 nitrogen and oxygen atoms in total. The lowest BCUT2D eigenvalue weighted by atomic mass is 10.2. The molecule has 1 aromatic heterocycles. The fourth-order valence-electron chi connectivity index (χ4n) is 2.61. The van der Waals surface area contributed by atoms with Gasteiger partial charge < -0.3 is 10.2 Å². The van der Waals surface area contributed by atoms with E-state index in [2.05, 4.69) is 37.2 Å². The normalized spacial score (nSPS) is 14.0. The number of nitrogens with zero attached hydrogens (tertiary/aromatic N) is 3. The summed E-state index contributed by atoms with van der Waals surface area (Å²) in [6, 6.07) is 8.80. The molecule has 1 N–H and O–H groups in total. The zero-order valence-corrected chi connectivity index (χ0v) is 14.1. The molecule has 2 aromatic rings. The first-order chi connectivity index (χ1) is 11.1. The lowest BCUT2D eigenvalue weighted by molar-refractivity contribution is -0.384. The predicted octanol–water partition coefficient (Wildman–Crippen LogP) is 3.96. The smallest absolute Gasteiger partial charge is 0.270 e. The molecule has 1 saturated heterocycles. The maximum atomic E-state index is 10.7. The molecule has 0 bridgehead atoms. The van der Waals surface area contributed by atoms with Gasteiger partial charge in [0, 0.05) is 48.1 Å². The lowest BCUT2D eigenvalue weighted by Crippen LogP contribution is -2.18. The van der Waals surface area contributed by atoms with Crippen LogP contribution < -0.4 is 10.2 Å². The zero-order valence-electron chi connectivity index (χ0n) is 12.5. The average molecular weight is 377 g/mol. The van der Waals surface area contributed by atoms with Gasteiger partial charge in [-0.05, 0) is 46.5 Å². The molecule has 120 valence electrons. The van der Waals surface area contributed by atoms with Crippen molar-refractivity contribution in [1.82, 2.24) is 4.98 Å². The van der Waals surface area contributed by atoms with Crippen LogP contribution in [0.4, 0.5) is 17.2 Å². The first kappa shape index (κ1) is 15.7. The van der Waals surface area contributed by atoms with E-state index >= 15 is 0 Å². The van der Waals surface area contributed by atoms with Crippen molar-refractivity contribution < 1.29 is 4.92 Å². The van der Waals surface area contributed by atoms with E-state index in [4.69, 9.17) is 0 Å². The summed E-state index contributed by atoms with van der Waals surface area (Å²) < 4.78 is 0.674. The Bertz CT molecular complexity index is 700. The highest BCUT2D eigenvalue weighted by atomic mass is 79.9. The van der Waals surface area contributed by atoms with Crippen molar-refractivity contribution in [3.63, 3.8) is 0 Å². The predicted molar refractivity (Wildman–Crippen MR) is 93.8 cm³/mol. The second-order valence-corrected chi connectivity index (χ2v) is 6.35. The monoisotopic (exact) mass is 376 g/mol. The van der Waals surface area contributed by atoms with Gasteiger partial charge in [0.2, 0.25) is 0 Å². The van der Waals surface area contributed by atoms with Crippen LogP contribution >= 0.6 is 15.9 Å². The number of rotatable bonds is 5. The van der Waals surface area contributed by atoms with Crippen LogP contribution in [0.3, 0.4) is 0 Å². The van der Waals surface area contributed by atoms with Gasteiger partial charge in [0.05, 0.1) is 4.92 Å². The molecule has 0 spiro atoms. The number of aromatic nitrogens is 1. The van der Waals surface area contributed by atoms with Crippen molar-refractivity contribution in [1.29, 1.82) is 0 Å². The molecule has 0 saturated carbocycles. The molecule has 7 heteroatoms. The molecular formula is C16H17BrN4O2. The summed E-state index contributed by atoms with van der Waals surface area (Å²) in [7, 11) is 0. The van der Waals surface area contributed by atoms with Gasteiger partial charge in [-0.25, -0.2) is 4.98 Å². The fourth-order valence-corrected chi connectivity index (χ4v) is 3.12. The largest absolute Gasteiger partial charge is 0.380 e. The van der Waals surface area contributed by atoms with E-state index in [1.165, 1.54) is 25.0 Å². The van der Waals surface area contributed by atoms with Crippen molar-refractivity contribution in [3.8, 4) is 0 Å². The summed E-state index contributed by atoms with van der Waals surface area (Å²) in [6.07, 6.45) is 4.35. The van der Waals surface area contributed by atoms with E-state index in [-0.39, 0.29) is 5.69 Å². The SMILES string of the molecule is O=[N+]([O-])c1ccc(NCc2ccc(N3CCCC3)nc2)c(Br)c1. The number of nitro groups is 1. The molecule has 3 rings (SSSR count). The van der Waals surface area contributed by atoms with Crippen LogP contribution in [0.25, 0.3) is 0 Å². The van der Waals surface area contributed by atoms with Crippen LogP contribution in [0.15, 0.2) is 41.0 Å². The number of non-ortho nitro benzene ring substituents is 1. The molecule has 1 aliphatic heterocycles. The van der Waals surface area contributed by atoms with E-state index in [1.54, 1.807) is 6.07 Å². The minimum atomic E-state index is -0.407. The van der Waals surface area contributed by atoms with Crippen LogP contribution in [0, 0.1) is 10.1 Å². The number of hydrogen-bond acceptors (Lipinski definition) is 5. The van der Waals surface area contributed by atoms with Gasteiger partial charge in [-0.15, -0.1) is 0 Å². The van der Waals surface area contributed by atoms with Gasteiger partial charge in [-0.1, -0.05) is 6.07 Å². The molecule has 0 aliphatic carbocycles. The lowest BCUT2D eigenvalue weighted by Gasteiger charge is -2.16. The number of benzene rings is 1. The summed E-state index contributed by atoms with van der Waals surface area (Å²) in [5, 5.41) is 14.0. The quantitative estimate of drug-likeness (QED) is 0.631. The van der Waals surface area contributed by atoms with Crippen LogP contribution in [0.2, 0.25) is 0 Å². The first-order valence-corrected chi connectivity index (χ1v) is 8.30. The Hall–Kier alpha value is -2.15. The summed E-state index contributed by atoms with van der Waals surface area (Å²) in [4.78, 5) is 17.1. The molecule has 0 atom stereocenters. The third kappa shape index (κ3) is 3.79. The van der Waals surface area contributed by atoms with Crippen molar-refractivity contribution in [2.45, 2.75) is 19.4 Å². The standard InChI is InChI=1S/C16H17BrN4O2/c17-14-9-13(21(22)23)4-5-15(14)18-10-12-3-6-16(19-11-12)20-7-1-2-8-20/h3-6,9,11,18H,1-2,7-8,10H2. The van der Waals surface area contributed by atoms with Crippen molar-refractivity contribution in [3.05, 3.63) is 56.7 Å². The summed E-state index contributed by atoms with van der Waals surface area (Å²) >= 11 is 3.36. The van der Waals surface area contributed by atoms with E-state index in [9.17, 15) is 10.1 Å². The summed E-state index contributed by atoms with van der Waals surface area (Å²) in [5.41, 5.74) is 1.96. The minimum absolute atomic E-state index is 0.0686. The summed E-state index contributed by atoms with van der Waals surface area (Å²) in [6.45, 7) is 2.78. The van der Waals surface area contributed by atoms with Crippen LogP contribution in [0.1, 0.15) is 18.4 Å². The Morgan fingerprint density at radius 2 is 2.04 bits per heavy atom. The molecule has 0 unspecified atom stereocenters. The average Bonchev–Trinajstić information content (AvgIpc) is 3.08. The van der Waals surface area contributed by atoms with Gasteiger partial charge in [0.25, 0.3) is 5.69 Å². The van der Waals surface area contributed by atoms with Crippen molar-refractivity contribution in [2.24, 2.45) is 0 Å². The number of hydrogen-bond donors (Lipinski definition) is 1. The Morgan fingerprint density at radius 1 is 1.26 bits per heavy atom. The molecule has 0 radical (unpaired) electrons. The topological polar surface area (TPSA) is 71.3 Å². The summed E-state index contributed by atoms with van der Waals surface area (Å²) in [5.74, 6) is 1.03. The molecule has 1 fully saturated rings. The van der Waals surface area contributed by atoms with Gasteiger partial charge >= 0.3 is 0 Å². The second-order valence-electron chi connectivity index (χ2n) is 5.49. The van der Waals surface area contributed by atoms with Crippen LogP contribution in [0.5, 0.6) is 0 Å². The number of nitro benzene ring substituents is 1. The highest BCUT2D eigenvalue weighted by Gasteiger charge is 2.13. The maximum absolute atomic E-state index is 10.7. The molecule has 0 amide bonds. The number of pyridine rings is 1. The minimum Gasteiger partial charge on any atom is -0.380 e. The van der Waals surface area contributed by atoms with E-state index in [1.807, 2.05) is 12.3 Å². The molecule has 2 heterocycles. The van der Waals surface area contributed by atoms with Gasteiger partial charge in [-0.2, -0.15) is 0 Å². The highest BCUT2D eigenvalue weighted by Crippen LogP contribution is 2.27. The Balaban J connectivity index is 1.62. The van der Waals surface area contributed by atoms with E-state index in [0.29, 0.717) is 11.0 Å². The van der Waals surface area contributed by atoms with Crippen LogP contribution in [-0.4, -0.2) is 23.0 Å². The van der Waals surface area contributed by atoms with Crippen molar-refractivity contribution >= 4 is 33.1 Å². The third-order valence-electron chi connectivity index (χ3n) is 3.89. The zero-order chi connectivity index (χ0) is 16.2. The maximum Gasteiger partial charge on any atom is 0.270 e. The fraction of sp³-hybridized carbons (Fsp3) is 0.312. The third-order valence-corrected chi connectivity index (χ3v) is 4.54. The van der Waals surface area contributed by atoms with E-state index in [0.717, 1.165) is 30.2 Å². The van der Waals surface area contributed by atoms with Crippen molar-refractivity contribution in [2.75, 3.05) is 23.3 Å². The molecule has 23 heavy (non-hydrogen) atoms. The number of nitrogens with one attached hydrogen (secondary N) is 1. The molecular weight excluding hydrogens is 360 g/mol. The van der Waals surface area contributed by atoms with Gasteiger partial charge in [0.15, 0.2) is 0 Å². The first-order valence-electron chi connectivity index (χ1n) is 7.51. The number of halogens is 1. The molecule has 1 aliphatic rings. The highest BCUT2D eigenvalue weighted by molar-refractivity contribution is 9.10. The van der Waals surface area contributed by atoms with Crippen LogP contribution in [-0.2, 0) is 6.54 Å². The molecule has 1 aromatic carbocycles. The van der Waals surface area contributed by atoms with Gasteiger partial charge in [-0.3, -0.25) is 10.1 Å². The van der Waals surface area contributed by atoms with Gasteiger partial charge in [0.1, 0.15) is 5.82 Å². The second kappa shape index (κ2) is 6.95. The Kier molecular flexibility index (Phi) is 4.76.